The highest BCUT2D eigenvalue weighted by Gasteiger charge is 2.23. The van der Waals surface area contributed by atoms with Gasteiger partial charge in [-0.15, -0.1) is 0 Å². The molecule has 1 heterocycles. The lowest BCUT2D eigenvalue weighted by molar-refractivity contribution is 0.0928. The Bertz CT molecular complexity index is 422. The van der Waals surface area contributed by atoms with Gasteiger partial charge in [0.2, 0.25) is 0 Å². The highest BCUT2D eigenvalue weighted by Crippen LogP contribution is 2.18. The number of para-hydroxylation sites is 1. The third kappa shape index (κ3) is 3.00. The number of hydrazine groups is 1. The van der Waals surface area contributed by atoms with Gasteiger partial charge in [-0.3, -0.25) is 10.2 Å². The second-order valence-corrected chi connectivity index (χ2v) is 4.38. The molecule has 0 aromatic heterocycles. The lowest BCUT2D eigenvalue weighted by Crippen LogP contribution is -2.44. The van der Waals surface area contributed by atoms with E-state index in [1.807, 2.05) is 19.1 Å². The molecule has 2 atom stereocenters. The summed E-state index contributed by atoms with van der Waals surface area (Å²) in [6.07, 6.45) is 0.824. The zero-order chi connectivity index (χ0) is 13.0. The van der Waals surface area contributed by atoms with Gasteiger partial charge in [0.25, 0.3) is 5.91 Å². The maximum atomic E-state index is 12.1. The quantitative estimate of drug-likeness (QED) is 0.746. The molecule has 1 aliphatic rings. The summed E-state index contributed by atoms with van der Waals surface area (Å²) in [6, 6.07) is 7.63. The number of rotatable bonds is 4. The van der Waals surface area contributed by atoms with E-state index in [0.29, 0.717) is 24.0 Å². The zero-order valence-corrected chi connectivity index (χ0v) is 10.7. The minimum Gasteiger partial charge on any atom is -0.493 e. The number of hydrogen-bond donors (Lipinski definition) is 3. The van der Waals surface area contributed by atoms with Crippen LogP contribution in [0.15, 0.2) is 24.3 Å². The Morgan fingerprint density at radius 3 is 2.89 bits per heavy atom. The Kier molecular flexibility index (Phi) is 4.17. The second-order valence-electron chi connectivity index (χ2n) is 4.38. The molecule has 98 valence electrons. The third-order valence-electron chi connectivity index (χ3n) is 2.83. The number of amides is 1. The Labute approximate surface area is 107 Å². The molecule has 1 saturated heterocycles. The molecule has 1 amide bonds. The molecule has 1 aromatic rings. The highest BCUT2D eigenvalue weighted by atomic mass is 16.5. The second kappa shape index (κ2) is 5.84. The van der Waals surface area contributed by atoms with Crippen LogP contribution in [0.4, 0.5) is 0 Å². The molecule has 2 rings (SSSR count). The third-order valence-corrected chi connectivity index (χ3v) is 2.83. The molecule has 1 aromatic carbocycles. The van der Waals surface area contributed by atoms with Crippen molar-refractivity contribution >= 4 is 5.91 Å². The lowest BCUT2D eigenvalue weighted by atomic mass is 10.1. The first kappa shape index (κ1) is 12.9. The molecule has 18 heavy (non-hydrogen) atoms. The van der Waals surface area contributed by atoms with Crippen molar-refractivity contribution in [3.8, 4) is 5.75 Å². The first-order valence-corrected chi connectivity index (χ1v) is 6.24. The normalized spacial score (nSPS) is 22.8. The van der Waals surface area contributed by atoms with Crippen molar-refractivity contribution in [1.82, 2.24) is 16.2 Å². The minimum atomic E-state index is -0.118. The summed E-state index contributed by atoms with van der Waals surface area (Å²) >= 11 is 0. The van der Waals surface area contributed by atoms with E-state index in [0.717, 1.165) is 6.42 Å². The molecule has 0 aliphatic carbocycles. The predicted molar refractivity (Wildman–Crippen MR) is 69.2 cm³/mol. The number of benzene rings is 1. The van der Waals surface area contributed by atoms with Gasteiger partial charge < -0.3 is 10.1 Å². The van der Waals surface area contributed by atoms with E-state index in [-0.39, 0.29) is 12.1 Å². The van der Waals surface area contributed by atoms with Crippen LogP contribution in [0.5, 0.6) is 5.75 Å². The van der Waals surface area contributed by atoms with Crippen LogP contribution in [0.25, 0.3) is 0 Å². The molecule has 0 spiro atoms. The maximum Gasteiger partial charge on any atom is 0.256 e. The Balaban J connectivity index is 2.04. The average Bonchev–Trinajstić information content (AvgIpc) is 2.76. The van der Waals surface area contributed by atoms with Gasteiger partial charge in [0, 0.05) is 6.04 Å². The topological polar surface area (TPSA) is 62.4 Å². The molecular formula is C13H19N3O2. The van der Waals surface area contributed by atoms with Gasteiger partial charge in [0.15, 0.2) is 0 Å². The summed E-state index contributed by atoms with van der Waals surface area (Å²) in [5.41, 5.74) is 6.68. The molecule has 0 bridgehead atoms. The summed E-state index contributed by atoms with van der Waals surface area (Å²) in [5, 5.41) is 2.93. The minimum absolute atomic E-state index is 0.0396. The molecule has 2 unspecified atom stereocenters. The standard InChI is InChI=1S/C13H19N3O2/c1-3-18-11-7-5-4-6-10(11)13(17)14-12-8-9(2)15-16-12/h4-7,9,12,15-16H,3,8H2,1-2H3,(H,14,17). The Morgan fingerprint density at radius 2 is 2.22 bits per heavy atom. The van der Waals surface area contributed by atoms with Crippen LogP contribution in [0, 0.1) is 0 Å². The smallest absolute Gasteiger partial charge is 0.256 e. The summed E-state index contributed by atoms with van der Waals surface area (Å²) in [5.74, 6) is 0.504. The van der Waals surface area contributed by atoms with Crippen LogP contribution in [0.3, 0.4) is 0 Å². The summed E-state index contributed by atoms with van der Waals surface area (Å²) < 4.78 is 5.45. The maximum absolute atomic E-state index is 12.1. The van der Waals surface area contributed by atoms with Crippen molar-refractivity contribution in [3.63, 3.8) is 0 Å². The number of carbonyl (C=O) groups is 1. The highest BCUT2D eigenvalue weighted by molar-refractivity contribution is 5.97. The Morgan fingerprint density at radius 1 is 1.44 bits per heavy atom. The first-order chi connectivity index (χ1) is 8.70. The van der Waals surface area contributed by atoms with E-state index in [4.69, 9.17) is 4.74 Å². The summed E-state index contributed by atoms with van der Waals surface area (Å²) in [7, 11) is 0. The number of ether oxygens (including phenoxy) is 1. The van der Waals surface area contributed by atoms with Gasteiger partial charge >= 0.3 is 0 Å². The number of carbonyl (C=O) groups excluding carboxylic acids is 1. The van der Waals surface area contributed by atoms with Crippen LogP contribution in [0.1, 0.15) is 30.6 Å². The van der Waals surface area contributed by atoms with Crippen molar-refractivity contribution in [3.05, 3.63) is 29.8 Å². The summed E-state index contributed by atoms with van der Waals surface area (Å²) in [6.45, 7) is 4.51. The number of hydrogen-bond acceptors (Lipinski definition) is 4. The molecular weight excluding hydrogens is 230 g/mol. The van der Waals surface area contributed by atoms with Crippen molar-refractivity contribution in [2.24, 2.45) is 0 Å². The van der Waals surface area contributed by atoms with Crippen LogP contribution in [0.2, 0.25) is 0 Å². The van der Waals surface area contributed by atoms with Crippen LogP contribution < -0.4 is 20.9 Å². The first-order valence-electron chi connectivity index (χ1n) is 6.24. The SMILES string of the molecule is CCOc1ccccc1C(=O)NC1CC(C)NN1. The zero-order valence-electron chi connectivity index (χ0n) is 10.7. The molecule has 1 fully saturated rings. The van der Waals surface area contributed by atoms with Crippen molar-refractivity contribution in [1.29, 1.82) is 0 Å². The molecule has 0 radical (unpaired) electrons. The molecule has 5 heteroatoms. The fourth-order valence-corrected chi connectivity index (χ4v) is 1.98. The van der Waals surface area contributed by atoms with E-state index in [9.17, 15) is 4.79 Å². The largest absolute Gasteiger partial charge is 0.493 e. The average molecular weight is 249 g/mol. The van der Waals surface area contributed by atoms with E-state index in [1.54, 1.807) is 12.1 Å². The molecule has 3 N–H and O–H groups in total. The van der Waals surface area contributed by atoms with Gasteiger partial charge in [-0.2, -0.15) is 0 Å². The monoisotopic (exact) mass is 249 g/mol. The van der Waals surface area contributed by atoms with Gasteiger partial charge in [0.1, 0.15) is 5.75 Å². The van der Waals surface area contributed by atoms with Gasteiger partial charge in [0.05, 0.1) is 18.3 Å². The van der Waals surface area contributed by atoms with E-state index in [1.165, 1.54) is 0 Å². The van der Waals surface area contributed by atoms with Crippen molar-refractivity contribution in [2.45, 2.75) is 32.5 Å². The van der Waals surface area contributed by atoms with E-state index >= 15 is 0 Å². The lowest BCUT2D eigenvalue weighted by Gasteiger charge is -2.14. The Hall–Kier alpha value is -1.59. The van der Waals surface area contributed by atoms with E-state index in [2.05, 4.69) is 23.1 Å². The van der Waals surface area contributed by atoms with Crippen LogP contribution >= 0.6 is 0 Å². The fourth-order valence-electron chi connectivity index (χ4n) is 1.98. The molecule has 1 aliphatic heterocycles. The van der Waals surface area contributed by atoms with Crippen LogP contribution in [-0.2, 0) is 0 Å². The van der Waals surface area contributed by atoms with E-state index < -0.39 is 0 Å². The van der Waals surface area contributed by atoms with Crippen molar-refractivity contribution < 1.29 is 9.53 Å². The van der Waals surface area contributed by atoms with Gasteiger partial charge in [-0.05, 0) is 32.4 Å². The van der Waals surface area contributed by atoms with Crippen LogP contribution in [-0.4, -0.2) is 24.7 Å². The van der Waals surface area contributed by atoms with Gasteiger partial charge in [-0.1, -0.05) is 12.1 Å². The fraction of sp³-hybridized carbons (Fsp3) is 0.462. The number of nitrogens with one attached hydrogen (secondary N) is 3. The van der Waals surface area contributed by atoms with Gasteiger partial charge in [-0.25, -0.2) is 5.43 Å². The molecule has 5 nitrogen and oxygen atoms in total. The summed E-state index contributed by atoms with van der Waals surface area (Å²) in [4.78, 5) is 12.1. The molecule has 0 saturated carbocycles. The van der Waals surface area contributed by atoms with Crippen molar-refractivity contribution in [2.75, 3.05) is 6.61 Å². The predicted octanol–water partition coefficient (Wildman–Crippen LogP) is 1.03.